The van der Waals surface area contributed by atoms with Gasteiger partial charge in [-0.3, -0.25) is 0 Å². The normalized spacial score (nSPS) is 10.9. The molecule has 0 radical (unpaired) electrons. The largest absolute Gasteiger partial charge is 0.411 e. The molecule has 0 aromatic carbocycles. The summed E-state index contributed by atoms with van der Waals surface area (Å²) in [4.78, 5) is 0.837. The van der Waals surface area contributed by atoms with E-state index >= 15 is 0 Å². The molecule has 0 aliphatic rings. The molecule has 3 heteroatoms. The van der Waals surface area contributed by atoms with Crippen LogP contribution in [0.25, 0.3) is 0 Å². The van der Waals surface area contributed by atoms with Crippen LogP contribution in [0.3, 0.4) is 0 Å². The molecule has 0 saturated heterocycles. The van der Waals surface area contributed by atoms with Gasteiger partial charge >= 0.3 is 0 Å². The molecule has 52 valence electrons. The van der Waals surface area contributed by atoms with Crippen LogP contribution in [0.4, 0.5) is 0 Å². The van der Waals surface area contributed by atoms with Crippen molar-refractivity contribution < 1.29 is 4.43 Å². The van der Waals surface area contributed by atoms with Gasteiger partial charge in [0.15, 0.2) is 0 Å². The molecule has 0 heterocycles. The van der Waals surface area contributed by atoms with Crippen LogP contribution < -0.4 is 0 Å². The summed E-state index contributed by atoms with van der Waals surface area (Å²) in [5.74, 6) is 0. The van der Waals surface area contributed by atoms with Crippen molar-refractivity contribution in [2.45, 2.75) is 0 Å². The Hall–Kier alpha value is 0.137. The van der Waals surface area contributed by atoms with Crippen molar-refractivity contribution in [3.63, 3.8) is 0 Å². The molecule has 0 atom stereocenters. The van der Waals surface area contributed by atoms with Crippen molar-refractivity contribution in [3.05, 3.63) is 24.6 Å². The molecule has 0 aromatic rings. The second-order valence-corrected chi connectivity index (χ2v) is 6.79. The zero-order valence-electron chi connectivity index (χ0n) is 5.56. The van der Waals surface area contributed by atoms with Crippen LogP contribution in [0, 0.1) is 0 Å². The van der Waals surface area contributed by atoms with Crippen LogP contribution in [0.15, 0.2) is 24.6 Å². The molecule has 0 saturated carbocycles. The molecule has 0 N–H and O–H groups in total. The van der Waals surface area contributed by atoms with Gasteiger partial charge in [0, 0.05) is 12.1 Å². The van der Waals surface area contributed by atoms with E-state index in [-0.39, 0.29) is 0 Å². The third-order valence-electron chi connectivity index (χ3n) is 1.28. The van der Waals surface area contributed by atoms with Crippen LogP contribution in [0.2, 0.25) is 0 Å². The summed E-state index contributed by atoms with van der Waals surface area (Å²) in [6, 6.07) is 0. The molecule has 9 heavy (non-hydrogen) atoms. The molecule has 0 unspecified atom stereocenters. The van der Waals surface area contributed by atoms with Gasteiger partial charge in [0.25, 0.3) is 0 Å². The quantitative estimate of drug-likeness (QED) is 0.505. The predicted molar refractivity (Wildman–Crippen MR) is 47.0 cm³/mol. The van der Waals surface area contributed by atoms with Crippen molar-refractivity contribution in [3.8, 4) is 0 Å². The molecule has 0 aliphatic heterocycles. The topological polar surface area (TPSA) is 9.23 Å². The molecule has 0 aromatic heterocycles. The van der Waals surface area contributed by atoms with E-state index in [9.17, 15) is 0 Å². The van der Waals surface area contributed by atoms with Crippen LogP contribution in [-0.4, -0.2) is 20.4 Å². The molecule has 0 spiro atoms. The van der Waals surface area contributed by atoms with Crippen molar-refractivity contribution in [1.82, 2.24) is 0 Å². The van der Waals surface area contributed by atoms with Gasteiger partial charge < -0.3 is 4.43 Å². The van der Waals surface area contributed by atoms with Crippen LogP contribution >= 0.6 is 15.9 Å². The first-order valence-corrected chi connectivity index (χ1v) is 6.02. The van der Waals surface area contributed by atoms with Crippen LogP contribution in [-0.2, 0) is 4.43 Å². The second kappa shape index (κ2) is 4.03. The SMILES string of the molecule is C=C[Si](C=C)(CBr)OC. The molecule has 0 bridgehead atoms. The summed E-state index contributed by atoms with van der Waals surface area (Å²) in [7, 11) is -0.0556. The first-order chi connectivity index (χ1) is 4.24. The molecule has 1 nitrogen and oxygen atoms in total. The minimum Gasteiger partial charge on any atom is -0.411 e. The zero-order chi connectivity index (χ0) is 7.33. The number of hydrogen-bond acceptors (Lipinski definition) is 1. The Kier molecular flexibility index (Phi) is 4.09. The van der Waals surface area contributed by atoms with E-state index < -0.39 is 8.32 Å². The second-order valence-electron chi connectivity index (χ2n) is 1.70. The Morgan fingerprint density at radius 1 is 1.56 bits per heavy atom. The van der Waals surface area contributed by atoms with Gasteiger partial charge in [-0.1, -0.05) is 27.3 Å². The van der Waals surface area contributed by atoms with Crippen molar-refractivity contribution in [2.75, 3.05) is 12.1 Å². The maximum atomic E-state index is 5.24. The Bertz CT molecular complexity index is 99.6. The lowest BCUT2D eigenvalue weighted by Gasteiger charge is -2.17. The fourth-order valence-electron chi connectivity index (χ4n) is 0.414. The fraction of sp³-hybridized carbons (Fsp3) is 0.333. The molecule has 0 rings (SSSR count). The minimum atomic E-state index is -1.75. The molecule has 0 aliphatic carbocycles. The summed E-state index contributed by atoms with van der Waals surface area (Å²) >= 11 is 3.35. The summed E-state index contributed by atoms with van der Waals surface area (Å²) in [6.07, 6.45) is 0. The lowest BCUT2D eigenvalue weighted by atomic mass is 11.2. The number of alkyl halides is 1. The van der Waals surface area contributed by atoms with E-state index in [1.807, 2.05) is 11.4 Å². The van der Waals surface area contributed by atoms with Crippen LogP contribution in [0.5, 0.6) is 0 Å². The van der Waals surface area contributed by atoms with E-state index in [2.05, 4.69) is 29.1 Å². The Morgan fingerprint density at radius 3 is 2.00 bits per heavy atom. The summed E-state index contributed by atoms with van der Waals surface area (Å²) < 4.78 is 5.24. The lowest BCUT2D eigenvalue weighted by molar-refractivity contribution is 0.419. The maximum absolute atomic E-state index is 5.24. The van der Waals surface area contributed by atoms with Gasteiger partial charge in [-0.2, -0.15) is 0 Å². The Labute approximate surface area is 65.7 Å². The lowest BCUT2D eigenvalue weighted by Crippen LogP contribution is -2.35. The third kappa shape index (κ3) is 2.08. The van der Waals surface area contributed by atoms with Gasteiger partial charge in [-0.25, -0.2) is 0 Å². The average molecular weight is 207 g/mol. The summed E-state index contributed by atoms with van der Waals surface area (Å²) in [5, 5.41) is 0. The first kappa shape index (κ1) is 9.14. The van der Waals surface area contributed by atoms with Gasteiger partial charge in [-0.05, 0) is 0 Å². The van der Waals surface area contributed by atoms with Gasteiger partial charge in [0.1, 0.15) is 0 Å². The van der Waals surface area contributed by atoms with Crippen molar-refractivity contribution in [1.29, 1.82) is 0 Å². The van der Waals surface area contributed by atoms with E-state index in [1.54, 1.807) is 7.11 Å². The molecule has 0 amide bonds. The van der Waals surface area contributed by atoms with Crippen LogP contribution in [0.1, 0.15) is 0 Å². The number of halogens is 1. The summed E-state index contributed by atoms with van der Waals surface area (Å²) in [5.41, 5.74) is 3.71. The smallest absolute Gasteiger partial charge is 0.250 e. The minimum absolute atomic E-state index is 0.837. The Morgan fingerprint density at radius 2 is 2.00 bits per heavy atom. The number of rotatable bonds is 4. The standard InChI is InChI=1S/C6H11BrOSi/c1-4-9(5-2,6-7)8-3/h4-5H,1-2,6H2,3H3. The number of hydrogen-bond donors (Lipinski definition) is 0. The zero-order valence-corrected chi connectivity index (χ0v) is 8.15. The summed E-state index contributed by atoms with van der Waals surface area (Å²) in [6.45, 7) is 7.36. The maximum Gasteiger partial charge on any atom is 0.250 e. The highest BCUT2D eigenvalue weighted by molar-refractivity contribution is 9.09. The monoisotopic (exact) mass is 206 g/mol. The van der Waals surface area contributed by atoms with E-state index in [0.717, 1.165) is 4.95 Å². The molecule has 0 fully saturated rings. The van der Waals surface area contributed by atoms with Gasteiger partial charge in [-0.15, -0.1) is 13.2 Å². The highest BCUT2D eigenvalue weighted by Gasteiger charge is 2.23. The Balaban J connectivity index is 4.15. The van der Waals surface area contributed by atoms with E-state index in [4.69, 9.17) is 4.43 Å². The molecular weight excluding hydrogens is 196 g/mol. The third-order valence-corrected chi connectivity index (χ3v) is 6.47. The van der Waals surface area contributed by atoms with Crippen molar-refractivity contribution in [2.24, 2.45) is 0 Å². The average Bonchev–Trinajstić information content (AvgIpc) is 1.95. The van der Waals surface area contributed by atoms with Crippen molar-refractivity contribution >= 4 is 24.2 Å². The van der Waals surface area contributed by atoms with E-state index in [1.165, 1.54) is 0 Å². The fourth-order valence-corrected chi connectivity index (χ4v) is 3.30. The van der Waals surface area contributed by atoms with Gasteiger partial charge in [0.05, 0.1) is 0 Å². The molecular formula is C6H11BrOSi. The van der Waals surface area contributed by atoms with Gasteiger partial charge in [0.2, 0.25) is 8.32 Å². The highest BCUT2D eigenvalue weighted by Crippen LogP contribution is 2.09. The first-order valence-electron chi connectivity index (χ1n) is 2.63. The predicted octanol–water partition coefficient (Wildman–Crippen LogP) is 1.96. The highest BCUT2D eigenvalue weighted by atomic mass is 79.9. The van der Waals surface area contributed by atoms with E-state index in [0.29, 0.717) is 0 Å².